The van der Waals surface area contributed by atoms with E-state index in [2.05, 4.69) is 10.1 Å². The zero-order valence-electron chi connectivity index (χ0n) is 11.8. The number of hydrogen-bond donors (Lipinski definition) is 2. The van der Waals surface area contributed by atoms with Gasteiger partial charge in [-0.1, -0.05) is 11.2 Å². The highest BCUT2D eigenvalue weighted by Gasteiger charge is 2.21. The summed E-state index contributed by atoms with van der Waals surface area (Å²) in [6.45, 7) is 1.71. The van der Waals surface area contributed by atoms with Crippen LogP contribution in [-0.2, 0) is 16.4 Å². The van der Waals surface area contributed by atoms with Crippen LogP contribution in [0, 0.1) is 0 Å². The molecule has 3 N–H and O–H groups in total. The number of hydrogen-bond acceptors (Lipinski definition) is 6. The minimum Gasteiger partial charge on any atom is -0.496 e. The highest BCUT2D eigenvalue weighted by atomic mass is 32.2. The zero-order valence-corrected chi connectivity index (χ0v) is 12.6. The normalized spacial score (nSPS) is 19.4. The Bertz CT molecular complexity index is 629. The van der Waals surface area contributed by atoms with Gasteiger partial charge in [0.25, 0.3) is 0 Å². The van der Waals surface area contributed by atoms with Gasteiger partial charge in [-0.05, 0) is 17.7 Å². The van der Waals surface area contributed by atoms with E-state index in [9.17, 15) is 8.42 Å². The third-order valence-electron chi connectivity index (χ3n) is 3.49. The molecule has 1 aliphatic heterocycles. The number of methoxy groups -OCH3 is 1. The molecular formula is C13H19N3O4S. The molecule has 0 unspecified atom stereocenters. The number of benzene rings is 1. The quantitative estimate of drug-likeness (QED) is 0.351. The van der Waals surface area contributed by atoms with E-state index in [1.54, 1.807) is 6.07 Å². The van der Waals surface area contributed by atoms with Crippen LogP contribution in [-0.4, -0.2) is 56.1 Å². The van der Waals surface area contributed by atoms with Crippen LogP contribution < -0.4 is 10.5 Å². The molecule has 116 valence electrons. The first-order valence-corrected chi connectivity index (χ1v) is 8.35. The van der Waals surface area contributed by atoms with Crippen LogP contribution in [0.4, 0.5) is 0 Å². The largest absolute Gasteiger partial charge is 0.496 e. The van der Waals surface area contributed by atoms with Crippen LogP contribution in [0.15, 0.2) is 23.4 Å². The summed E-state index contributed by atoms with van der Waals surface area (Å²) in [5.74, 6) is 0.911. The molecule has 1 fully saturated rings. The van der Waals surface area contributed by atoms with E-state index >= 15 is 0 Å². The van der Waals surface area contributed by atoms with Crippen LogP contribution in [0.2, 0.25) is 0 Å². The van der Waals surface area contributed by atoms with Gasteiger partial charge in [0.15, 0.2) is 15.7 Å². The van der Waals surface area contributed by atoms with Crippen molar-refractivity contribution >= 4 is 15.7 Å². The van der Waals surface area contributed by atoms with E-state index in [1.807, 2.05) is 12.1 Å². The number of nitrogens with zero attached hydrogens (tertiary/aromatic N) is 2. The van der Waals surface area contributed by atoms with Gasteiger partial charge in [-0.3, -0.25) is 4.90 Å². The summed E-state index contributed by atoms with van der Waals surface area (Å²) < 4.78 is 28.1. The van der Waals surface area contributed by atoms with E-state index in [-0.39, 0.29) is 17.3 Å². The summed E-state index contributed by atoms with van der Waals surface area (Å²) in [5, 5.41) is 11.7. The third-order valence-corrected chi connectivity index (χ3v) is 5.10. The van der Waals surface area contributed by atoms with E-state index in [1.165, 1.54) is 7.11 Å². The second kappa shape index (κ2) is 6.31. The van der Waals surface area contributed by atoms with E-state index in [0.717, 1.165) is 5.56 Å². The molecule has 0 aliphatic carbocycles. The van der Waals surface area contributed by atoms with Gasteiger partial charge in [0.05, 0.1) is 24.2 Å². The van der Waals surface area contributed by atoms with Crippen LogP contribution in [0.1, 0.15) is 11.1 Å². The van der Waals surface area contributed by atoms with Gasteiger partial charge in [0.2, 0.25) is 0 Å². The van der Waals surface area contributed by atoms with Gasteiger partial charge in [0, 0.05) is 19.6 Å². The molecule has 0 amide bonds. The molecule has 7 nitrogen and oxygen atoms in total. The van der Waals surface area contributed by atoms with Crippen LogP contribution in [0.3, 0.4) is 0 Å². The smallest absolute Gasteiger partial charge is 0.173 e. The summed E-state index contributed by atoms with van der Waals surface area (Å²) in [4.78, 5) is 2.08. The van der Waals surface area contributed by atoms with Crippen molar-refractivity contribution in [1.29, 1.82) is 0 Å². The van der Waals surface area contributed by atoms with Crippen LogP contribution in [0.25, 0.3) is 0 Å². The fraction of sp³-hybridized carbons (Fsp3) is 0.462. The molecule has 0 atom stereocenters. The molecule has 0 aromatic heterocycles. The van der Waals surface area contributed by atoms with Gasteiger partial charge >= 0.3 is 0 Å². The highest BCUT2D eigenvalue weighted by Crippen LogP contribution is 2.21. The number of ether oxygens (including phenoxy) is 1. The molecule has 2 rings (SSSR count). The average Bonchev–Trinajstić information content (AvgIpc) is 2.48. The first kappa shape index (κ1) is 15.6. The lowest BCUT2D eigenvalue weighted by molar-refractivity contribution is 0.287. The second-order valence-corrected chi connectivity index (χ2v) is 7.25. The molecule has 1 aromatic rings. The van der Waals surface area contributed by atoms with Gasteiger partial charge in [-0.2, -0.15) is 0 Å². The van der Waals surface area contributed by atoms with Crippen molar-refractivity contribution in [2.45, 2.75) is 6.54 Å². The number of sulfone groups is 1. The molecular weight excluding hydrogens is 294 g/mol. The predicted octanol–water partition coefficient (Wildman–Crippen LogP) is 0.0201. The van der Waals surface area contributed by atoms with Gasteiger partial charge in [-0.25, -0.2) is 8.42 Å². The first-order chi connectivity index (χ1) is 9.95. The molecule has 0 saturated carbocycles. The van der Waals surface area contributed by atoms with E-state index < -0.39 is 9.84 Å². The van der Waals surface area contributed by atoms with E-state index in [4.69, 9.17) is 15.7 Å². The predicted molar refractivity (Wildman–Crippen MR) is 79.4 cm³/mol. The number of amidine groups is 1. The molecule has 0 spiro atoms. The molecule has 1 heterocycles. The maximum Gasteiger partial charge on any atom is 0.173 e. The average molecular weight is 313 g/mol. The Morgan fingerprint density at radius 1 is 1.43 bits per heavy atom. The molecule has 8 heteroatoms. The monoisotopic (exact) mass is 313 g/mol. The highest BCUT2D eigenvalue weighted by molar-refractivity contribution is 7.91. The Kier molecular flexibility index (Phi) is 4.69. The molecule has 1 aromatic carbocycles. The summed E-state index contributed by atoms with van der Waals surface area (Å²) in [7, 11) is -1.35. The lowest BCUT2D eigenvalue weighted by Gasteiger charge is -2.26. The van der Waals surface area contributed by atoms with Crippen molar-refractivity contribution in [2.24, 2.45) is 10.9 Å². The van der Waals surface area contributed by atoms with Gasteiger partial charge < -0.3 is 15.7 Å². The molecule has 1 aliphatic rings. The van der Waals surface area contributed by atoms with Crippen molar-refractivity contribution in [2.75, 3.05) is 31.7 Å². The Morgan fingerprint density at radius 3 is 2.67 bits per heavy atom. The Hall–Kier alpha value is -1.80. The second-order valence-electron chi connectivity index (χ2n) is 4.95. The van der Waals surface area contributed by atoms with Gasteiger partial charge in [-0.15, -0.1) is 0 Å². The summed E-state index contributed by atoms with van der Waals surface area (Å²) >= 11 is 0. The number of oxime groups is 1. The first-order valence-electron chi connectivity index (χ1n) is 6.53. The van der Waals surface area contributed by atoms with Crippen molar-refractivity contribution in [1.82, 2.24) is 4.90 Å². The third kappa shape index (κ3) is 3.85. The number of rotatable bonds is 4. The van der Waals surface area contributed by atoms with Crippen molar-refractivity contribution in [3.63, 3.8) is 0 Å². The fourth-order valence-electron chi connectivity index (χ4n) is 2.27. The standard InChI is InChI=1S/C13H19N3O4S/c1-20-12-8-10(2-3-11(12)13(14)15-17)9-16-4-6-21(18,19)7-5-16/h2-3,8,17H,4-7,9H2,1H3,(H2,14,15). The lowest BCUT2D eigenvalue weighted by atomic mass is 10.1. The zero-order chi connectivity index (χ0) is 15.5. The van der Waals surface area contributed by atoms with Crippen LogP contribution >= 0.6 is 0 Å². The van der Waals surface area contributed by atoms with Crippen molar-refractivity contribution in [3.05, 3.63) is 29.3 Å². The summed E-state index contributed by atoms with van der Waals surface area (Å²) in [6, 6.07) is 5.40. The maximum atomic E-state index is 11.4. The van der Waals surface area contributed by atoms with Crippen molar-refractivity contribution in [3.8, 4) is 5.75 Å². The molecule has 0 bridgehead atoms. The van der Waals surface area contributed by atoms with Crippen LogP contribution in [0.5, 0.6) is 5.75 Å². The molecule has 1 saturated heterocycles. The molecule has 21 heavy (non-hydrogen) atoms. The number of nitrogens with two attached hydrogens (primary N) is 1. The Morgan fingerprint density at radius 2 is 2.10 bits per heavy atom. The minimum atomic E-state index is -2.87. The summed E-state index contributed by atoms with van der Waals surface area (Å²) in [6.07, 6.45) is 0. The topological polar surface area (TPSA) is 105 Å². The van der Waals surface area contributed by atoms with E-state index in [0.29, 0.717) is 30.9 Å². The minimum absolute atomic E-state index is 0.0116. The molecule has 0 radical (unpaired) electrons. The SMILES string of the molecule is COc1cc(CN2CCS(=O)(=O)CC2)ccc1/C(N)=N/O. The van der Waals surface area contributed by atoms with Gasteiger partial charge in [0.1, 0.15) is 5.75 Å². The maximum absolute atomic E-state index is 11.4. The lowest BCUT2D eigenvalue weighted by Crippen LogP contribution is -2.39. The Labute approximate surface area is 123 Å². The van der Waals surface area contributed by atoms with Crippen molar-refractivity contribution < 1.29 is 18.4 Å². The fourth-order valence-corrected chi connectivity index (χ4v) is 3.54. The summed E-state index contributed by atoms with van der Waals surface area (Å²) in [5.41, 5.74) is 7.08. The Balaban J connectivity index is 2.11.